The van der Waals surface area contributed by atoms with E-state index >= 15 is 0 Å². The van der Waals surface area contributed by atoms with E-state index in [9.17, 15) is 13.2 Å². The molecule has 0 saturated carbocycles. The monoisotopic (exact) mass is 393 g/mol. The van der Waals surface area contributed by atoms with E-state index in [1.807, 2.05) is 6.92 Å². The Balaban J connectivity index is 1.82. The summed E-state index contributed by atoms with van der Waals surface area (Å²) < 4.78 is 43.4. The predicted molar refractivity (Wildman–Crippen MR) is 101 cm³/mol. The second-order valence-corrected chi connectivity index (χ2v) is 7.85. The summed E-state index contributed by atoms with van der Waals surface area (Å²) in [7, 11) is 0. The number of aliphatic imine (C=N–C) groups is 1. The maximum Gasteiger partial charge on any atom is 0.401 e. The first-order chi connectivity index (χ1) is 12.7. The fourth-order valence-electron chi connectivity index (χ4n) is 3.63. The summed E-state index contributed by atoms with van der Waals surface area (Å²) in [6.07, 6.45) is -3.41. The largest absolute Gasteiger partial charge is 0.401 e. The van der Waals surface area contributed by atoms with Gasteiger partial charge in [0, 0.05) is 45.3 Å². The molecule has 2 unspecified atom stereocenters. The molecule has 2 aliphatic heterocycles. The molecule has 6 nitrogen and oxygen atoms in total. The van der Waals surface area contributed by atoms with Gasteiger partial charge in [0.2, 0.25) is 0 Å². The molecule has 0 bridgehead atoms. The van der Waals surface area contributed by atoms with Crippen LogP contribution in [0.2, 0.25) is 0 Å². The Hall–Kier alpha value is -1.06. The molecule has 158 valence electrons. The Morgan fingerprint density at radius 3 is 2.67 bits per heavy atom. The number of nitrogens with one attached hydrogen (secondary N) is 2. The molecule has 2 saturated heterocycles. The zero-order valence-electron chi connectivity index (χ0n) is 16.7. The van der Waals surface area contributed by atoms with E-state index < -0.39 is 12.7 Å². The SMILES string of the molecule is CCNC(=NCC1CN(CC(C)C)CCO1)NC1CCN(CC(F)(F)F)C1. The van der Waals surface area contributed by atoms with E-state index in [1.165, 1.54) is 4.90 Å². The number of ether oxygens (including phenoxy) is 1. The first-order valence-corrected chi connectivity index (χ1v) is 9.93. The molecule has 0 aromatic rings. The van der Waals surface area contributed by atoms with Crippen molar-refractivity contribution >= 4 is 5.96 Å². The Morgan fingerprint density at radius 1 is 1.22 bits per heavy atom. The molecule has 0 amide bonds. The molecule has 2 N–H and O–H groups in total. The summed E-state index contributed by atoms with van der Waals surface area (Å²) in [5, 5.41) is 6.46. The smallest absolute Gasteiger partial charge is 0.374 e. The number of nitrogens with zero attached hydrogens (tertiary/aromatic N) is 3. The number of morpholine rings is 1. The number of rotatable bonds is 7. The van der Waals surface area contributed by atoms with Crippen molar-refractivity contribution in [2.45, 2.75) is 45.5 Å². The first kappa shape index (κ1) is 22.2. The van der Waals surface area contributed by atoms with E-state index in [-0.39, 0.29) is 12.1 Å². The Morgan fingerprint density at radius 2 is 2.00 bits per heavy atom. The van der Waals surface area contributed by atoms with Crippen molar-refractivity contribution in [2.24, 2.45) is 10.9 Å². The molecule has 0 aromatic carbocycles. The van der Waals surface area contributed by atoms with Crippen LogP contribution in [0.15, 0.2) is 4.99 Å². The second-order valence-electron chi connectivity index (χ2n) is 7.85. The topological polar surface area (TPSA) is 52.1 Å². The van der Waals surface area contributed by atoms with Gasteiger partial charge in [0.05, 0.1) is 25.8 Å². The summed E-state index contributed by atoms with van der Waals surface area (Å²) in [5.41, 5.74) is 0. The van der Waals surface area contributed by atoms with Gasteiger partial charge in [-0.2, -0.15) is 13.2 Å². The normalized spacial score (nSPS) is 26.0. The molecule has 0 spiro atoms. The Kier molecular flexibility index (Phi) is 8.62. The van der Waals surface area contributed by atoms with E-state index in [4.69, 9.17) is 4.74 Å². The van der Waals surface area contributed by atoms with Gasteiger partial charge in [-0.25, -0.2) is 0 Å². The molecule has 0 aliphatic carbocycles. The molecule has 2 atom stereocenters. The lowest BCUT2D eigenvalue weighted by molar-refractivity contribution is -0.143. The zero-order valence-corrected chi connectivity index (χ0v) is 16.7. The van der Waals surface area contributed by atoms with Crippen LogP contribution in [0.1, 0.15) is 27.2 Å². The molecule has 2 rings (SSSR count). The van der Waals surface area contributed by atoms with Crippen LogP contribution >= 0.6 is 0 Å². The minimum Gasteiger partial charge on any atom is -0.374 e. The average Bonchev–Trinajstić information content (AvgIpc) is 2.97. The molecular formula is C18H34F3N5O. The quantitative estimate of drug-likeness (QED) is 0.508. The summed E-state index contributed by atoms with van der Waals surface area (Å²) >= 11 is 0. The highest BCUT2D eigenvalue weighted by Gasteiger charge is 2.34. The average molecular weight is 393 g/mol. The maximum atomic E-state index is 12.5. The molecule has 2 fully saturated rings. The van der Waals surface area contributed by atoms with Crippen LogP contribution in [0.4, 0.5) is 13.2 Å². The highest BCUT2D eigenvalue weighted by Crippen LogP contribution is 2.20. The highest BCUT2D eigenvalue weighted by molar-refractivity contribution is 5.80. The third kappa shape index (κ3) is 8.66. The molecule has 9 heteroatoms. The zero-order chi connectivity index (χ0) is 19.9. The summed E-state index contributed by atoms with van der Waals surface area (Å²) in [6, 6.07) is -0.0186. The van der Waals surface area contributed by atoms with Crippen molar-refractivity contribution < 1.29 is 17.9 Å². The summed E-state index contributed by atoms with van der Waals surface area (Å²) in [5.74, 6) is 1.27. The highest BCUT2D eigenvalue weighted by atomic mass is 19.4. The predicted octanol–water partition coefficient (Wildman–Crippen LogP) is 1.53. The van der Waals surface area contributed by atoms with Gasteiger partial charge in [-0.1, -0.05) is 13.8 Å². The lowest BCUT2D eigenvalue weighted by Crippen LogP contribution is -2.47. The Bertz CT molecular complexity index is 472. The van der Waals surface area contributed by atoms with Crippen LogP contribution in [0.3, 0.4) is 0 Å². The van der Waals surface area contributed by atoms with Crippen LogP contribution in [0, 0.1) is 5.92 Å². The number of guanidine groups is 1. The van der Waals surface area contributed by atoms with Gasteiger partial charge in [-0.15, -0.1) is 0 Å². The molecule has 0 radical (unpaired) electrons. The van der Waals surface area contributed by atoms with Gasteiger partial charge in [0.15, 0.2) is 5.96 Å². The lowest BCUT2D eigenvalue weighted by atomic mass is 10.2. The fraction of sp³-hybridized carbons (Fsp3) is 0.944. The minimum absolute atomic E-state index is 0.0186. The maximum absolute atomic E-state index is 12.5. The summed E-state index contributed by atoms with van der Waals surface area (Å²) in [4.78, 5) is 8.46. The molecule has 2 aliphatic rings. The van der Waals surface area contributed by atoms with Gasteiger partial charge in [0.25, 0.3) is 0 Å². The molecular weight excluding hydrogens is 359 g/mol. The number of hydrogen-bond acceptors (Lipinski definition) is 4. The van der Waals surface area contributed by atoms with E-state index in [0.29, 0.717) is 51.1 Å². The van der Waals surface area contributed by atoms with Crippen LogP contribution in [-0.2, 0) is 4.74 Å². The second kappa shape index (κ2) is 10.5. The number of halogens is 3. The van der Waals surface area contributed by atoms with E-state index in [1.54, 1.807) is 0 Å². The van der Waals surface area contributed by atoms with Crippen LogP contribution in [0.25, 0.3) is 0 Å². The van der Waals surface area contributed by atoms with Gasteiger partial charge >= 0.3 is 6.18 Å². The number of likely N-dealkylation sites (tertiary alicyclic amines) is 1. The fourth-order valence-corrected chi connectivity index (χ4v) is 3.63. The van der Waals surface area contributed by atoms with E-state index in [0.717, 1.165) is 19.6 Å². The van der Waals surface area contributed by atoms with Crippen molar-refractivity contribution in [1.82, 2.24) is 20.4 Å². The van der Waals surface area contributed by atoms with Crippen molar-refractivity contribution in [1.29, 1.82) is 0 Å². The lowest BCUT2D eigenvalue weighted by Gasteiger charge is -2.33. The van der Waals surface area contributed by atoms with Gasteiger partial charge in [-0.3, -0.25) is 14.8 Å². The van der Waals surface area contributed by atoms with Gasteiger partial charge in [-0.05, 0) is 19.3 Å². The third-order valence-electron chi connectivity index (χ3n) is 4.66. The van der Waals surface area contributed by atoms with Crippen LogP contribution in [0.5, 0.6) is 0 Å². The standard InChI is InChI=1S/C18H34F3N5O/c1-4-22-17(24-15-5-6-26(11-15)13-18(19,20)21)23-9-16-12-25(7-8-27-16)10-14(2)3/h14-16H,4-13H2,1-3H3,(H2,22,23,24). The third-order valence-corrected chi connectivity index (χ3v) is 4.66. The van der Waals surface area contributed by atoms with Crippen molar-refractivity contribution in [3.05, 3.63) is 0 Å². The molecule has 2 heterocycles. The molecule has 27 heavy (non-hydrogen) atoms. The number of hydrogen-bond donors (Lipinski definition) is 2. The number of alkyl halides is 3. The van der Waals surface area contributed by atoms with Crippen molar-refractivity contribution in [3.63, 3.8) is 0 Å². The van der Waals surface area contributed by atoms with E-state index in [2.05, 4.69) is 34.4 Å². The molecule has 0 aromatic heterocycles. The minimum atomic E-state index is -4.15. The van der Waals surface area contributed by atoms with Crippen molar-refractivity contribution in [2.75, 3.05) is 59.0 Å². The van der Waals surface area contributed by atoms with Crippen LogP contribution in [-0.4, -0.2) is 93.0 Å². The Labute approximate surface area is 160 Å². The van der Waals surface area contributed by atoms with Crippen molar-refractivity contribution in [3.8, 4) is 0 Å². The van der Waals surface area contributed by atoms with Crippen LogP contribution < -0.4 is 10.6 Å². The van der Waals surface area contributed by atoms with Gasteiger partial charge in [0.1, 0.15) is 0 Å². The van der Waals surface area contributed by atoms with Gasteiger partial charge < -0.3 is 15.4 Å². The summed E-state index contributed by atoms with van der Waals surface area (Å²) in [6.45, 7) is 11.2. The first-order valence-electron chi connectivity index (χ1n) is 9.93.